The smallest absolute Gasteiger partial charge is 0.237 e. The third-order valence-corrected chi connectivity index (χ3v) is 4.83. The lowest BCUT2D eigenvalue weighted by molar-refractivity contribution is -0.130. The van der Waals surface area contributed by atoms with Gasteiger partial charge in [-0.05, 0) is 44.7 Å². The Kier molecular flexibility index (Phi) is 6.34. The summed E-state index contributed by atoms with van der Waals surface area (Å²) in [4.78, 5) is 24.2. The number of nitrogens with one attached hydrogen (secondary N) is 2. The van der Waals surface area contributed by atoms with Crippen LogP contribution in [0, 0.1) is 5.92 Å². The molecule has 0 aliphatic carbocycles. The highest BCUT2D eigenvalue weighted by atomic mass is 16.3. The molecule has 1 aromatic carbocycles. The van der Waals surface area contributed by atoms with Crippen molar-refractivity contribution in [3.05, 3.63) is 35.9 Å². The van der Waals surface area contributed by atoms with Crippen molar-refractivity contribution in [3.63, 3.8) is 0 Å². The lowest BCUT2D eigenvalue weighted by Gasteiger charge is -2.28. The summed E-state index contributed by atoms with van der Waals surface area (Å²) in [6, 6.07) is 9.61. The van der Waals surface area contributed by atoms with Crippen LogP contribution >= 0.6 is 0 Å². The zero-order valence-electron chi connectivity index (χ0n) is 14.1. The average molecular weight is 333 g/mol. The highest BCUT2D eigenvalue weighted by Gasteiger charge is 2.40. The molecule has 5 N–H and O–H groups in total. The average Bonchev–Trinajstić information content (AvgIpc) is 3.04. The van der Waals surface area contributed by atoms with E-state index in [1.807, 2.05) is 30.3 Å². The molecule has 0 saturated carbocycles. The molecule has 2 rings (SSSR count). The summed E-state index contributed by atoms with van der Waals surface area (Å²) in [6.07, 6.45) is 1.65. The highest BCUT2D eigenvalue weighted by molar-refractivity contribution is 5.85. The number of carbonyl (C=O) groups is 2. The van der Waals surface area contributed by atoms with Gasteiger partial charge < -0.3 is 21.5 Å². The lowest BCUT2D eigenvalue weighted by Crippen LogP contribution is -2.52. The fourth-order valence-electron chi connectivity index (χ4n) is 3.26. The molecule has 24 heavy (non-hydrogen) atoms. The molecule has 0 spiro atoms. The van der Waals surface area contributed by atoms with Crippen LogP contribution in [0.3, 0.4) is 0 Å². The first kappa shape index (κ1) is 18.4. The maximum Gasteiger partial charge on any atom is 0.237 e. The molecular formula is C18H27N3O3. The number of hydrogen-bond donors (Lipinski definition) is 4. The number of aliphatic hydroxyl groups excluding tert-OH is 1. The van der Waals surface area contributed by atoms with Crippen LogP contribution in [0.25, 0.3) is 0 Å². The first-order valence-electron chi connectivity index (χ1n) is 8.49. The molecule has 1 saturated heterocycles. The van der Waals surface area contributed by atoms with Crippen molar-refractivity contribution in [3.8, 4) is 0 Å². The lowest BCUT2D eigenvalue weighted by atomic mass is 9.85. The Labute approximate surface area is 142 Å². The summed E-state index contributed by atoms with van der Waals surface area (Å²) >= 11 is 0. The molecular weight excluding hydrogens is 306 g/mol. The van der Waals surface area contributed by atoms with Crippen molar-refractivity contribution >= 4 is 11.8 Å². The minimum absolute atomic E-state index is 0.202. The monoisotopic (exact) mass is 333 g/mol. The van der Waals surface area contributed by atoms with Gasteiger partial charge >= 0.3 is 0 Å². The van der Waals surface area contributed by atoms with E-state index in [0.29, 0.717) is 25.8 Å². The van der Waals surface area contributed by atoms with Gasteiger partial charge in [0.2, 0.25) is 11.8 Å². The summed E-state index contributed by atoms with van der Waals surface area (Å²) in [5.74, 6) is -1.15. The summed E-state index contributed by atoms with van der Waals surface area (Å²) in [5, 5.41) is 16.0. The summed E-state index contributed by atoms with van der Waals surface area (Å²) < 4.78 is 0. The fourth-order valence-corrected chi connectivity index (χ4v) is 3.26. The number of aliphatic hydroxyl groups is 1. The van der Waals surface area contributed by atoms with E-state index in [9.17, 15) is 14.7 Å². The van der Waals surface area contributed by atoms with E-state index in [1.165, 1.54) is 0 Å². The maximum absolute atomic E-state index is 12.4. The molecule has 1 unspecified atom stereocenters. The molecule has 1 heterocycles. The predicted molar refractivity (Wildman–Crippen MR) is 91.9 cm³/mol. The van der Waals surface area contributed by atoms with Crippen molar-refractivity contribution in [1.82, 2.24) is 10.6 Å². The molecule has 1 fully saturated rings. The van der Waals surface area contributed by atoms with Crippen molar-refractivity contribution in [2.45, 2.75) is 50.8 Å². The second kappa shape index (κ2) is 8.26. The molecule has 1 aliphatic heterocycles. The van der Waals surface area contributed by atoms with Crippen LogP contribution in [0.1, 0.15) is 38.2 Å². The predicted octanol–water partition coefficient (Wildman–Crippen LogP) is 0.688. The molecule has 132 valence electrons. The van der Waals surface area contributed by atoms with Crippen LogP contribution in [0.15, 0.2) is 30.3 Å². The molecule has 1 aliphatic rings. The summed E-state index contributed by atoms with van der Waals surface area (Å²) in [5.41, 5.74) is 5.80. The fraction of sp³-hybridized carbons (Fsp3) is 0.556. The molecule has 0 aromatic heterocycles. The minimum atomic E-state index is -0.785. The summed E-state index contributed by atoms with van der Waals surface area (Å²) in [6.45, 7) is 2.77. The molecule has 3 atom stereocenters. The number of nitrogens with two attached hydrogens (primary N) is 1. The van der Waals surface area contributed by atoms with Gasteiger partial charge in [0.15, 0.2) is 0 Å². The Morgan fingerprint density at radius 1 is 1.38 bits per heavy atom. The van der Waals surface area contributed by atoms with Crippen molar-refractivity contribution in [2.75, 3.05) is 6.54 Å². The van der Waals surface area contributed by atoms with Gasteiger partial charge in [-0.25, -0.2) is 0 Å². The Bertz CT molecular complexity index is 554. The van der Waals surface area contributed by atoms with E-state index < -0.39 is 17.6 Å². The number of primary amides is 1. The van der Waals surface area contributed by atoms with Crippen molar-refractivity contribution < 1.29 is 14.7 Å². The molecule has 6 nitrogen and oxygen atoms in total. The standard InChI is InChI=1S/C18H27N3O3/c1-13(22)15(8-10-18(17(19)24)9-5-11-21-18)16(23)20-12-14-6-3-2-4-7-14/h2-4,6-7,13,15,21-22H,5,8-12H2,1H3,(H2,19,24)(H,20,23)/t13-,15+,18?/m1/s1. The SMILES string of the molecule is C[C@@H](O)[C@H](CCC1(C(N)=O)CCCN1)C(=O)NCc1ccccc1. The minimum Gasteiger partial charge on any atom is -0.393 e. The van der Waals surface area contributed by atoms with Crippen LogP contribution in [-0.4, -0.2) is 35.1 Å². The number of benzene rings is 1. The number of carbonyl (C=O) groups excluding carboxylic acids is 2. The van der Waals surface area contributed by atoms with Gasteiger partial charge in [0.1, 0.15) is 0 Å². The largest absolute Gasteiger partial charge is 0.393 e. The Balaban J connectivity index is 1.93. The van der Waals surface area contributed by atoms with Crippen LogP contribution < -0.4 is 16.4 Å². The molecule has 0 radical (unpaired) electrons. The Morgan fingerprint density at radius 3 is 2.62 bits per heavy atom. The Hall–Kier alpha value is -1.92. The van der Waals surface area contributed by atoms with Gasteiger partial charge in [-0.1, -0.05) is 30.3 Å². The van der Waals surface area contributed by atoms with Gasteiger partial charge in [0, 0.05) is 6.54 Å². The van der Waals surface area contributed by atoms with Gasteiger partial charge in [-0.15, -0.1) is 0 Å². The third-order valence-electron chi connectivity index (χ3n) is 4.83. The highest BCUT2D eigenvalue weighted by Crippen LogP contribution is 2.27. The number of amides is 2. The summed E-state index contributed by atoms with van der Waals surface area (Å²) in [7, 11) is 0. The topological polar surface area (TPSA) is 104 Å². The van der Waals surface area contributed by atoms with Crippen LogP contribution in [0.5, 0.6) is 0 Å². The van der Waals surface area contributed by atoms with Gasteiger partial charge in [-0.2, -0.15) is 0 Å². The van der Waals surface area contributed by atoms with E-state index in [-0.39, 0.29) is 11.8 Å². The zero-order valence-corrected chi connectivity index (χ0v) is 14.1. The van der Waals surface area contributed by atoms with E-state index >= 15 is 0 Å². The quantitative estimate of drug-likeness (QED) is 0.562. The van der Waals surface area contributed by atoms with Gasteiger partial charge in [0.25, 0.3) is 0 Å². The molecule has 1 aromatic rings. The van der Waals surface area contributed by atoms with Crippen molar-refractivity contribution in [1.29, 1.82) is 0 Å². The van der Waals surface area contributed by atoms with Crippen LogP contribution in [0.2, 0.25) is 0 Å². The second-order valence-corrected chi connectivity index (χ2v) is 6.57. The zero-order chi connectivity index (χ0) is 17.6. The molecule has 0 bridgehead atoms. The Morgan fingerprint density at radius 2 is 2.08 bits per heavy atom. The van der Waals surface area contributed by atoms with Crippen LogP contribution in [-0.2, 0) is 16.1 Å². The first-order chi connectivity index (χ1) is 11.4. The molecule has 2 amide bonds. The second-order valence-electron chi connectivity index (χ2n) is 6.57. The van der Waals surface area contributed by atoms with E-state index in [0.717, 1.165) is 18.5 Å². The van der Waals surface area contributed by atoms with E-state index in [1.54, 1.807) is 6.92 Å². The van der Waals surface area contributed by atoms with E-state index in [4.69, 9.17) is 5.73 Å². The van der Waals surface area contributed by atoms with Crippen molar-refractivity contribution in [2.24, 2.45) is 11.7 Å². The van der Waals surface area contributed by atoms with Gasteiger partial charge in [0.05, 0.1) is 17.6 Å². The number of rotatable bonds is 8. The maximum atomic E-state index is 12.4. The normalized spacial score (nSPS) is 22.8. The number of hydrogen-bond acceptors (Lipinski definition) is 4. The van der Waals surface area contributed by atoms with Gasteiger partial charge in [-0.3, -0.25) is 9.59 Å². The van der Waals surface area contributed by atoms with E-state index in [2.05, 4.69) is 10.6 Å². The third kappa shape index (κ3) is 4.55. The van der Waals surface area contributed by atoms with Crippen LogP contribution in [0.4, 0.5) is 0 Å². The first-order valence-corrected chi connectivity index (χ1v) is 8.49. The molecule has 6 heteroatoms.